The highest BCUT2D eigenvalue weighted by Gasteiger charge is 1.96. The standard InChI is InChI=1S/C21H32O/c1-2-3-4-5-6-7-8-9-10-11-12-13-14-16-20-17-15-18-21(22)19-20/h2-4,15,17-19,22H,1,5-14,16H2/b4-3+. The van der Waals surface area contributed by atoms with E-state index in [0.29, 0.717) is 5.75 Å². The molecule has 0 aliphatic carbocycles. The Morgan fingerprint density at radius 2 is 1.50 bits per heavy atom. The lowest BCUT2D eigenvalue weighted by molar-refractivity contribution is 0.474. The Morgan fingerprint density at radius 1 is 0.864 bits per heavy atom. The van der Waals surface area contributed by atoms with Gasteiger partial charge in [0.1, 0.15) is 5.75 Å². The maximum Gasteiger partial charge on any atom is 0.115 e. The van der Waals surface area contributed by atoms with Crippen LogP contribution in [0.1, 0.15) is 69.8 Å². The summed E-state index contributed by atoms with van der Waals surface area (Å²) in [5.41, 5.74) is 1.26. The van der Waals surface area contributed by atoms with Crippen molar-refractivity contribution in [2.75, 3.05) is 0 Å². The number of phenols is 1. The summed E-state index contributed by atoms with van der Waals surface area (Å²) in [5, 5.41) is 9.41. The van der Waals surface area contributed by atoms with Crippen LogP contribution in [-0.2, 0) is 6.42 Å². The molecule has 1 rings (SSSR count). The van der Waals surface area contributed by atoms with Crippen LogP contribution in [0.25, 0.3) is 0 Å². The normalized spacial score (nSPS) is 11.1. The van der Waals surface area contributed by atoms with E-state index in [0.717, 1.165) is 6.42 Å². The van der Waals surface area contributed by atoms with E-state index in [4.69, 9.17) is 0 Å². The number of hydrogen-bond acceptors (Lipinski definition) is 1. The summed E-state index contributed by atoms with van der Waals surface area (Å²) in [6, 6.07) is 7.64. The van der Waals surface area contributed by atoms with Crippen LogP contribution in [-0.4, -0.2) is 5.11 Å². The Morgan fingerprint density at radius 3 is 2.14 bits per heavy atom. The fraction of sp³-hybridized carbons (Fsp3) is 0.524. The van der Waals surface area contributed by atoms with Crippen molar-refractivity contribution in [2.24, 2.45) is 0 Å². The van der Waals surface area contributed by atoms with E-state index in [1.807, 2.05) is 24.3 Å². The lowest BCUT2D eigenvalue weighted by Crippen LogP contribution is -1.86. The molecule has 0 radical (unpaired) electrons. The fourth-order valence-electron chi connectivity index (χ4n) is 2.73. The highest BCUT2D eigenvalue weighted by molar-refractivity contribution is 5.27. The van der Waals surface area contributed by atoms with Gasteiger partial charge in [-0.2, -0.15) is 0 Å². The molecule has 0 heterocycles. The van der Waals surface area contributed by atoms with Crippen molar-refractivity contribution in [2.45, 2.75) is 70.6 Å². The lowest BCUT2D eigenvalue weighted by Gasteiger charge is -2.03. The van der Waals surface area contributed by atoms with Crippen molar-refractivity contribution in [3.8, 4) is 5.75 Å². The third-order valence-corrected chi connectivity index (χ3v) is 4.02. The monoisotopic (exact) mass is 300 g/mol. The van der Waals surface area contributed by atoms with Gasteiger partial charge in [-0.05, 0) is 43.4 Å². The maximum atomic E-state index is 9.41. The van der Waals surface area contributed by atoms with Gasteiger partial charge in [0.15, 0.2) is 0 Å². The molecule has 1 nitrogen and oxygen atoms in total. The zero-order valence-corrected chi connectivity index (χ0v) is 14.0. The van der Waals surface area contributed by atoms with Crippen molar-refractivity contribution < 1.29 is 5.11 Å². The molecule has 1 aromatic rings. The number of hydrogen-bond donors (Lipinski definition) is 1. The summed E-state index contributed by atoms with van der Waals surface area (Å²) < 4.78 is 0. The van der Waals surface area contributed by atoms with Crippen LogP contribution in [0.4, 0.5) is 0 Å². The van der Waals surface area contributed by atoms with Crippen LogP contribution >= 0.6 is 0 Å². The quantitative estimate of drug-likeness (QED) is 0.322. The number of aryl methyl sites for hydroxylation is 1. The molecule has 22 heavy (non-hydrogen) atoms. The molecule has 0 spiro atoms. The Labute approximate surface area is 136 Å². The van der Waals surface area contributed by atoms with Gasteiger partial charge >= 0.3 is 0 Å². The lowest BCUT2D eigenvalue weighted by atomic mass is 10.0. The molecule has 122 valence electrons. The molecular formula is C21H32O. The largest absolute Gasteiger partial charge is 0.508 e. The predicted molar refractivity (Wildman–Crippen MR) is 97.3 cm³/mol. The number of allylic oxidation sites excluding steroid dienone is 3. The average Bonchev–Trinajstić information content (AvgIpc) is 2.52. The van der Waals surface area contributed by atoms with E-state index in [9.17, 15) is 5.11 Å². The molecule has 0 saturated heterocycles. The summed E-state index contributed by atoms with van der Waals surface area (Å²) in [6.45, 7) is 3.67. The van der Waals surface area contributed by atoms with Crippen molar-refractivity contribution in [1.82, 2.24) is 0 Å². The summed E-state index contributed by atoms with van der Waals surface area (Å²) in [6.07, 6.45) is 20.5. The van der Waals surface area contributed by atoms with Crippen LogP contribution in [0.5, 0.6) is 5.75 Å². The third kappa shape index (κ3) is 10.3. The summed E-state index contributed by atoms with van der Waals surface area (Å²) in [7, 11) is 0. The van der Waals surface area contributed by atoms with Crippen molar-refractivity contribution in [3.63, 3.8) is 0 Å². The molecule has 0 aliphatic rings. The Kier molecular flexibility index (Phi) is 11.1. The van der Waals surface area contributed by atoms with Crippen LogP contribution in [0.2, 0.25) is 0 Å². The Balaban J connectivity index is 1.84. The smallest absolute Gasteiger partial charge is 0.115 e. The average molecular weight is 300 g/mol. The number of phenolic OH excluding ortho intramolecular Hbond substituents is 1. The molecule has 0 unspecified atom stereocenters. The maximum absolute atomic E-state index is 9.41. The van der Waals surface area contributed by atoms with Gasteiger partial charge in [0.2, 0.25) is 0 Å². The zero-order chi connectivity index (χ0) is 15.9. The molecule has 1 aromatic carbocycles. The van der Waals surface area contributed by atoms with Gasteiger partial charge in [-0.25, -0.2) is 0 Å². The van der Waals surface area contributed by atoms with Crippen LogP contribution in [0.15, 0.2) is 49.1 Å². The second kappa shape index (κ2) is 13.2. The predicted octanol–water partition coefficient (Wildman–Crippen LogP) is 6.58. The van der Waals surface area contributed by atoms with E-state index in [2.05, 4.69) is 18.7 Å². The van der Waals surface area contributed by atoms with E-state index >= 15 is 0 Å². The number of unbranched alkanes of at least 4 members (excludes halogenated alkanes) is 9. The molecule has 1 N–H and O–H groups in total. The van der Waals surface area contributed by atoms with E-state index in [1.54, 1.807) is 6.07 Å². The molecule has 1 heteroatoms. The number of benzene rings is 1. The molecule has 0 aromatic heterocycles. The van der Waals surface area contributed by atoms with Crippen LogP contribution in [0, 0.1) is 0 Å². The van der Waals surface area contributed by atoms with Crippen LogP contribution < -0.4 is 0 Å². The van der Waals surface area contributed by atoms with Gasteiger partial charge in [-0.3, -0.25) is 0 Å². The highest BCUT2D eigenvalue weighted by Crippen LogP contribution is 2.15. The Hall–Kier alpha value is -1.50. The summed E-state index contributed by atoms with van der Waals surface area (Å²) >= 11 is 0. The van der Waals surface area contributed by atoms with E-state index in [-0.39, 0.29) is 0 Å². The molecule has 0 saturated carbocycles. The first-order valence-corrected chi connectivity index (χ1v) is 8.88. The molecule has 0 amide bonds. The first kappa shape index (κ1) is 18.5. The summed E-state index contributed by atoms with van der Waals surface area (Å²) in [4.78, 5) is 0. The van der Waals surface area contributed by atoms with Gasteiger partial charge in [0.25, 0.3) is 0 Å². The Bertz CT molecular complexity index is 420. The summed E-state index contributed by atoms with van der Waals surface area (Å²) in [5.74, 6) is 0.387. The minimum atomic E-state index is 0.387. The molecule has 0 fully saturated rings. The second-order valence-electron chi connectivity index (χ2n) is 6.05. The minimum Gasteiger partial charge on any atom is -0.508 e. The van der Waals surface area contributed by atoms with Gasteiger partial charge < -0.3 is 5.11 Å². The number of rotatable bonds is 13. The van der Waals surface area contributed by atoms with Gasteiger partial charge in [-0.15, -0.1) is 0 Å². The van der Waals surface area contributed by atoms with Gasteiger partial charge in [-0.1, -0.05) is 81.9 Å². The highest BCUT2D eigenvalue weighted by atomic mass is 16.3. The SMILES string of the molecule is C=C/C=C/CCCCCCCCCCCc1cccc(O)c1. The minimum absolute atomic E-state index is 0.387. The van der Waals surface area contributed by atoms with Crippen LogP contribution in [0.3, 0.4) is 0 Å². The van der Waals surface area contributed by atoms with E-state index in [1.165, 1.54) is 69.8 Å². The molecule has 0 bridgehead atoms. The fourth-order valence-corrected chi connectivity index (χ4v) is 2.73. The van der Waals surface area contributed by atoms with Crippen molar-refractivity contribution in [3.05, 3.63) is 54.6 Å². The van der Waals surface area contributed by atoms with E-state index < -0.39 is 0 Å². The molecular weight excluding hydrogens is 268 g/mol. The second-order valence-corrected chi connectivity index (χ2v) is 6.05. The van der Waals surface area contributed by atoms with Gasteiger partial charge in [0.05, 0.1) is 0 Å². The number of aromatic hydroxyl groups is 1. The molecule has 0 atom stereocenters. The van der Waals surface area contributed by atoms with Gasteiger partial charge in [0, 0.05) is 0 Å². The van der Waals surface area contributed by atoms with Crippen molar-refractivity contribution >= 4 is 0 Å². The van der Waals surface area contributed by atoms with Crippen molar-refractivity contribution in [1.29, 1.82) is 0 Å². The third-order valence-electron chi connectivity index (χ3n) is 4.02. The topological polar surface area (TPSA) is 20.2 Å². The first-order valence-electron chi connectivity index (χ1n) is 8.88. The zero-order valence-electron chi connectivity index (χ0n) is 14.0. The first-order chi connectivity index (χ1) is 10.8. The molecule has 0 aliphatic heterocycles.